The van der Waals surface area contributed by atoms with Crippen molar-refractivity contribution in [3.05, 3.63) is 65.7 Å². The number of para-hydroxylation sites is 1. The summed E-state index contributed by atoms with van der Waals surface area (Å²) in [5.74, 6) is 1.03. The summed E-state index contributed by atoms with van der Waals surface area (Å²) in [7, 11) is 0. The molecule has 0 fully saturated rings. The van der Waals surface area contributed by atoms with Crippen molar-refractivity contribution in [3.8, 4) is 5.75 Å². The summed E-state index contributed by atoms with van der Waals surface area (Å²) in [5, 5.41) is 0. The lowest BCUT2D eigenvalue weighted by atomic mass is 9.86. The van der Waals surface area contributed by atoms with Gasteiger partial charge in [0.2, 0.25) is 0 Å². The monoisotopic (exact) mass is 224 g/mol. The highest BCUT2D eigenvalue weighted by atomic mass is 16.5. The Labute approximate surface area is 102 Å². The van der Waals surface area contributed by atoms with Crippen LogP contribution in [0.25, 0.3) is 0 Å². The van der Waals surface area contributed by atoms with E-state index in [2.05, 4.69) is 49.4 Å². The Kier molecular flexibility index (Phi) is 2.40. The lowest BCUT2D eigenvalue weighted by Gasteiger charge is -2.36. The van der Waals surface area contributed by atoms with Gasteiger partial charge in [-0.15, -0.1) is 0 Å². The molecule has 0 N–H and O–H groups in total. The van der Waals surface area contributed by atoms with Gasteiger partial charge < -0.3 is 4.74 Å². The molecule has 17 heavy (non-hydrogen) atoms. The second-order valence-electron chi connectivity index (χ2n) is 4.81. The molecule has 1 heterocycles. The standard InChI is InChI=1S/C16H16O/c1-16(14-8-3-2-4-9-14)12-11-13-7-5-6-10-15(13)17-16/h2-10H,11-12H2,1H3. The second kappa shape index (κ2) is 3.92. The highest BCUT2D eigenvalue weighted by molar-refractivity contribution is 5.38. The van der Waals surface area contributed by atoms with Crippen LogP contribution in [0.5, 0.6) is 5.75 Å². The fourth-order valence-electron chi connectivity index (χ4n) is 2.47. The molecular formula is C16H16O. The lowest BCUT2D eigenvalue weighted by molar-refractivity contribution is 0.0626. The zero-order valence-corrected chi connectivity index (χ0v) is 10.0. The Morgan fingerprint density at radius 2 is 1.65 bits per heavy atom. The molecule has 3 rings (SSSR count). The van der Waals surface area contributed by atoms with Gasteiger partial charge in [-0.05, 0) is 37.0 Å². The van der Waals surface area contributed by atoms with Crippen LogP contribution < -0.4 is 4.74 Å². The van der Waals surface area contributed by atoms with Crippen molar-refractivity contribution in [2.75, 3.05) is 0 Å². The van der Waals surface area contributed by atoms with E-state index in [1.165, 1.54) is 11.1 Å². The van der Waals surface area contributed by atoms with Crippen LogP contribution in [0.4, 0.5) is 0 Å². The van der Waals surface area contributed by atoms with Crippen LogP contribution in [0.1, 0.15) is 24.5 Å². The van der Waals surface area contributed by atoms with Crippen molar-refractivity contribution in [2.24, 2.45) is 0 Å². The second-order valence-corrected chi connectivity index (χ2v) is 4.81. The number of hydrogen-bond donors (Lipinski definition) is 0. The molecule has 0 saturated heterocycles. The van der Waals surface area contributed by atoms with Gasteiger partial charge in [0.25, 0.3) is 0 Å². The van der Waals surface area contributed by atoms with Gasteiger partial charge >= 0.3 is 0 Å². The summed E-state index contributed by atoms with van der Waals surface area (Å²) in [4.78, 5) is 0. The predicted octanol–water partition coefficient (Wildman–Crippen LogP) is 3.93. The quantitative estimate of drug-likeness (QED) is 0.713. The summed E-state index contributed by atoms with van der Waals surface area (Å²) in [6, 6.07) is 18.8. The number of ether oxygens (including phenoxy) is 1. The Hall–Kier alpha value is -1.76. The molecule has 1 nitrogen and oxygen atoms in total. The third kappa shape index (κ3) is 1.82. The molecule has 2 aromatic rings. The third-order valence-corrected chi connectivity index (χ3v) is 3.56. The Morgan fingerprint density at radius 3 is 2.47 bits per heavy atom. The molecule has 86 valence electrons. The van der Waals surface area contributed by atoms with Gasteiger partial charge in [-0.25, -0.2) is 0 Å². The minimum Gasteiger partial charge on any atom is -0.483 e. The van der Waals surface area contributed by atoms with Crippen molar-refractivity contribution in [2.45, 2.75) is 25.4 Å². The first-order chi connectivity index (χ1) is 8.28. The molecule has 0 radical (unpaired) electrons. The van der Waals surface area contributed by atoms with Gasteiger partial charge in [0.15, 0.2) is 0 Å². The normalized spacial score (nSPS) is 22.6. The minimum absolute atomic E-state index is 0.185. The molecule has 2 aromatic carbocycles. The van der Waals surface area contributed by atoms with Gasteiger partial charge in [0, 0.05) is 0 Å². The molecular weight excluding hydrogens is 208 g/mol. The van der Waals surface area contributed by atoms with Gasteiger partial charge in [-0.1, -0.05) is 48.5 Å². The fraction of sp³-hybridized carbons (Fsp3) is 0.250. The summed E-state index contributed by atoms with van der Waals surface area (Å²) in [6.45, 7) is 2.18. The van der Waals surface area contributed by atoms with Crippen LogP contribution in [0, 0.1) is 0 Å². The van der Waals surface area contributed by atoms with E-state index < -0.39 is 0 Å². The zero-order valence-electron chi connectivity index (χ0n) is 10.0. The molecule has 1 atom stereocenters. The molecule has 0 saturated carbocycles. The van der Waals surface area contributed by atoms with Gasteiger partial charge in [-0.3, -0.25) is 0 Å². The number of benzene rings is 2. The Bertz CT molecular complexity index is 518. The Balaban J connectivity index is 1.98. The van der Waals surface area contributed by atoms with E-state index in [9.17, 15) is 0 Å². The summed E-state index contributed by atoms with van der Waals surface area (Å²) >= 11 is 0. The molecule has 0 amide bonds. The van der Waals surface area contributed by atoms with E-state index in [0.717, 1.165) is 18.6 Å². The molecule has 1 unspecified atom stereocenters. The average Bonchev–Trinajstić information content (AvgIpc) is 2.40. The maximum absolute atomic E-state index is 6.21. The Morgan fingerprint density at radius 1 is 0.941 bits per heavy atom. The smallest absolute Gasteiger partial charge is 0.132 e. The van der Waals surface area contributed by atoms with E-state index in [1.54, 1.807) is 0 Å². The summed E-state index contributed by atoms with van der Waals surface area (Å²) in [5.41, 5.74) is 2.39. The van der Waals surface area contributed by atoms with E-state index >= 15 is 0 Å². The van der Waals surface area contributed by atoms with Crippen molar-refractivity contribution < 1.29 is 4.74 Å². The highest BCUT2D eigenvalue weighted by Crippen LogP contribution is 2.38. The largest absolute Gasteiger partial charge is 0.483 e. The SMILES string of the molecule is CC1(c2ccccc2)CCc2ccccc2O1. The van der Waals surface area contributed by atoms with Crippen LogP contribution in [-0.4, -0.2) is 0 Å². The molecule has 0 aromatic heterocycles. The topological polar surface area (TPSA) is 9.23 Å². The van der Waals surface area contributed by atoms with Crippen LogP contribution in [0.15, 0.2) is 54.6 Å². The van der Waals surface area contributed by atoms with E-state index in [0.29, 0.717) is 0 Å². The van der Waals surface area contributed by atoms with Gasteiger partial charge in [-0.2, -0.15) is 0 Å². The van der Waals surface area contributed by atoms with Crippen LogP contribution >= 0.6 is 0 Å². The summed E-state index contributed by atoms with van der Waals surface area (Å²) < 4.78 is 6.21. The first-order valence-electron chi connectivity index (χ1n) is 6.10. The van der Waals surface area contributed by atoms with Crippen molar-refractivity contribution in [1.29, 1.82) is 0 Å². The number of aryl methyl sites for hydroxylation is 1. The summed E-state index contributed by atoms with van der Waals surface area (Å²) in [6.07, 6.45) is 2.12. The number of rotatable bonds is 1. The minimum atomic E-state index is -0.185. The first kappa shape index (κ1) is 10.4. The number of fused-ring (bicyclic) bond motifs is 1. The van der Waals surface area contributed by atoms with Crippen LogP contribution in [0.3, 0.4) is 0 Å². The van der Waals surface area contributed by atoms with Crippen molar-refractivity contribution in [3.63, 3.8) is 0 Å². The molecule has 1 aliphatic rings. The molecule has 0 aliphatic carbocycles. The van der Waals surface area contributed by atoms with E-state index in [4.69, 9.17) is 4.74 Å². The van der Waals surface area contributed by atoms with Crippen molar-refractivity contribution in [1.82, 2.24) is 0 Å². The van der Waals surface area contributed by atoms with Gasteiger partial charge in [0.1, 0.15) is 11.4 Å². The maximum Gasteiger partial charge on any atom is 0.132 e. The number of hydrogen-bond acceptors (Lipinski definition) is 1. The van der Waals surface area contributed by atoms with Gasteiger partial charge in [0.05, 0.1) is 0 Å². The molecule has 0 bridgehead atoms. The van der Waals surface area contributed by atoms with Crippen LogP contribution in [-0.2, 0) is 12.0 Å². The third-order valence-electron chi connectivity index (χ3n) is 3.56. The average molecular weight is 224 g/mol. The lowest BCUT2D eigenvalue weighted by Crippen LogP contribution is -2.33. The van der Waals surface area contributed by atoms with Crippen LogP contribution in [0.2, 0.25) is 0 Å². The van der Waals surface area contributed by atoms with Crippen molar-refractivity contribution >= 4 is 0 Å². The molecule has 0 spiro atoms. The predicted molar refractivity (Wildman–Crippen MR) is 69.2 cm³/mol. The highest BCUT2D eigenvalue weighted by Gasteiger charge is 2.32. The molecule has 1 aliphatic heterocycles. The maximum atomic E-state index is 6.21. The van der Waals surface area contributed by atoms with E-state index in [-0.39, 0.29) is 5.60 Å². The molecule has 1 heteroatoms. The fourth-order valence-corrected chi connectivity index (χ4v) is 2.47. The first-order valence-corrected chi connectivity index (χ1v) is 6.10. The van der Waals surface area contributed by atoms with E-state index in [1.807, 2.05) is 12.1 Å². The zero-order chi connectivity index (χ0) is 11.7.